The van der Waals surface area contributed by atoms with Gasteiger partial charge in [-0.05, 0) is 37.4 Å². The van der Waals surface area contributed by atoms with E-state index < -0.39 is 0 Å². The molecule has 1 aromatic rings. The Balaban J connectivity index is 2.72. The molecule has 1 aromatic heterocycles. The lowest BCUT2D eigenvalue weighted by Gasteiger charge is -2.14. The molecule has 0 saturated carbocycles. The molecule has 0 unspecified atom stereocenters. The molecule has 1 N–H and O–H groups in total. The fourth-order valence-corrected chi connectivity index (χ4v) is 1.67. The minimum absolute atomic E-state index is 0.528. The number of nitrogens with zero attached hydrogens (tertiary/aromatic N) is 2. The van der Waals surface area contributed by atoms with Crippen LogP contribution in [0.2, 0.25) is 0 Å². The van der Waals surface area contributed by atoms with Crippen molar-refractivity contribution in [1.29, 1.82) is 0 Å². The van der Waals surface area contributed by atoms with Crippen LogP contribution in [0.25, 0.3) is 6.08 Å². The summed E-state index contributed by atoms with van der Waals surface area (Å²) in [6.07, 6.45) is 3.99. The predicted octanol–water partition coefficient (Wildman–Crippen LogP) is 3.07. The highest BCUT2D eigenvalue weighted by Gasteiger charge is 2.04. The summed E-state index contributed by atoms with van der Waals surface area (Å²) in [4.78, 5) is 8.54. The van der Waals surface area contributed by atoms with Crippen LogP contribution < -0.4 is 5.32 Å². The Hall–Kier alpha value is -1.22. The molecule has 1 rings (SSSR count). The number of aryl methyl sites for hydroxylation is 1. The highest BCUT2D eigenvalue weighted by atomic mass is 14.9. The average Bonchev–Trinajstić information content (AvgIpc) is 2.27. The first-order valence-electron chi connectivity index (χ1n) is 6.70. The van der Waals surface area contributed by atoms with Gasteiger partial charge in [0.2, 0.25) is 0 Å². The van der Waals surface area contributed by atoms with Gasteiger partial charge in [0, 0.05) is 12.7 Å². The third-order valence-corrected chi connectivity index (χ3v) is 2.75. The number of rotatable bonds is 6. The summed E-state index contributed by atoms with van der Waals surface area (Å²) in [5, 5.41) is 3.49. The van der Waals surface area contributed by atoms with Gasteiger partial charge in [0.05, 0.1) is 5.69 Å². The van der Waals surface area contributed by atoms with Crippen molar-refractivity contribution in [2.75, 3.05) is 13.1 Å². The summed E-state index contributed by atoms with van der Waals surface area (Å²) in [6.45, 7) is 12.8. The predicted molar refractivity (Wildman–Crippen MR) is 77.3 cm³/mol. The largest absolute Gasteiger partial charge is 0.313 e. The Kier molecular flexibility index (Phi) is 5.99. The van der Waals surface area contributed by atoms with Crippen molar-refractivity contribution >= 4 is 6.08 Å². The van der Waals surface area contributed by atoms with Crippen molar-refractivity contribution in [1.82, 2.24) is 15.3 Å². The second kappa shape index (κ2) is 7.27. The molecule has 1 heterocycles. The molecule has 0 aromatic carbocycles. The molecule has 100 valence electrons. The first-order chi connectivity index (χ1) is 8.49. The monoisotopic (exact) mass is 247 g/mol. The van der Waals surface area contributed by atoms with Gasteiger partial charge in [-0.15, -0.1) is 0 Å². The van der Waals surface area contributed by atoms with E-state index in [1.165, 1.54) is 5.57 Å². The molecule has 0 atom stereocenters. The molecular weight excluding hydrogens is 222 g/mol. The van der Waals surface area contributed by atoms with Gasteiger partial charge >= 0.3 is 0 Å². The maximum Gasteiger partial charge on any atom is 0.125 e. The fourth-order valence-electron chi connectivity index (χ4n) is 1.67. The SMILES string of the molecule is Cc1nccc(/C=C(/CNCC(C)C)C(C)C)n1. The molecule has 0 fully saturated rings. The second-order valence-electron chi connectivity index (χ2n) is 5.43. The van der Waals surface area contributed by atoms with Gasteiger partial charge < -0.3 is 5.32 Å². The first-order valence-corrected chi connectivity index (χ1v) is 6.70. The van der Waals surface area contributed by atoms with E-state index in [0.29, 0.717) is 11.8 Å². The van der Waals surface area contributed by atoms with Crippen molar-refractivity contribution in [3.8, 4) is 0 Å². The Labute approximate surface area is 111 Å². The van der Waals surface area contributed by atoms with Crippen LogP contribution in [0.1, 0.15) is 39.2 Å². The number of hydrogen-bond acceptors (Lipinski definition) is 3. The van der Waals surface area contributed by atoms with Crippen LogP contribution in [-0.2, 0) is 0 Å². The van der Waals surface area contributed by atoms with E-state index in [0.717, 1.165) is 24.6 Å². The maximum absolute atomic E-state index is 4.42. The van der Waals surface area contributed by atoms with Crippen molar-refractivity contribution < 1.29 is 0 Å². The van der Waals surface area contributed by atoms with Crippen LogP contribution in [0.15, 0.2) is 17.8 Å². The normalized spacial score (nSPS) is 12.5. The summed E-state index contributed by atoms with van der Waals surface area (Å²) >= 11 is 0. The highest BCUT2D eigenvalue weighted by molar-refractivity contribution is 5.49. The summed E-state index contributed by atoms with van der Waals surface area (Å²) in [5.41, 5.74) is 2.38. The Morgan fingerprint density at radius 3 is 2.61 bits per heavy atom. The number of nitrogens with one attached hydrogen (secondary N) is 1. The van der Waals surface area contributed by atoms with Gasteiger partial charge in [0.25, 0.3) is 0 Å². The molecule has 0 aliphatic heterocycles. The van der Waals surface area contributed by atoms with E-state index in [-0.39, 0.29) is 0 Å². The zero-order valence-corrected chi connectivity index (χ0v) is 12.2. The Morgan fingerprint density at radius 2 is 2.06 bits per heavy atom. The van der Waals surface area contributed by atoms with Crippen molar-refractivity contribution in [2.45, 2.75) is 34.6 Å². The third-order valence-electron chi connectivity index (χ3n) is 2.75. The standard InChI is InChI=1S/C15H25N3/c1-11(2)9-16-10-14(12(3)4)8-15-6-7-17-13(5)18-15/h6-8,11-12,16H,9-10H2,1-5H3/b14-8-. The molecule has 0 aliphatic rings. The maximum atomic E-state index is 4.42. The van der Waals surface area contributed by atoms with Crippen molar-refractivity contribution in [2.24, 2.45) is 11.8 Å². The molecule has 0 aliphatic carbocycles. The molecule has 0 amide bonds. The van der Waals surface area contributed by atoms with Gasteiger partial charge in [-0.3, -0.25) is 0 Å². The second-order valence-corrected chi connectivity index (χ2v) is 5.43. The average molecular weight is 247 g/mol. The fraction of sp³-hybridized carbons (Fsp3) is 0.600. The molecular formula is C15H25N3. The Bertz CT molecular complexity index is 394. The van der Waals surface area contributed by atoms with Gasteiger partial charge in [-0.25, -0.2) is 9.97 Å². The van der Waals surface area contributed by atoms with E-state index in [1.54, 1.807) is 0 Å². The van der Waals surface area contributed by atoms with Crippen LogP contribution in [0.4, 0.5) is 0 Å². The summed E-state index contributed by atoms with van der Waals surface area (Å²) in [5.74, 6) is 2.03. The molecule has 3 heteroatoms. The quantitative estimate of drug-likeness (QED) is 0.839. The first kappa shape index (κ1) is 14.8. The molecule has 0 bridgehead atoms. The minimum Gasteiger partial charge on any atom is -0.313 e. The van der Waals surface area contributed by atoms with E-state index >= 15 is 0 Å². The Morgan fingerprint density at radius 1 is 1.33 bits per heavy atom. The van der Waals surface area contributed by atoms with E-state index in [9.17, 15) is 0 Å². The molecule has 0 saturated heterocycles. The van der Waals surface area contributed by atoms with Crippen LogP contribution in [-0.4, -0.2) is 23.1 Å². The van der Waals surface area contributed by atoms with Gasteiger partial charge in [0.1, 0.15) is 5.82 Å². The number of aromatic nitrogens is 2. The van der Waals surface area contributed by atoms with Gasteiger partial charge in [0.15, 0.2) is 0 Å². The topological polar surface area (TPSA) is 37.8 Å². The van der Waals surface area contributed by atoms with Crippen LogP contribution >= 0.6 is 0 Å². The van der Waals surface area contributed by atoms with Crippen molar-refractivity contribution in [3.05, 3.63) is 29.4 Å². The minimum atomic E-state index is 0.528. The zero-order valence-electron chi connectivity index (χ0n) is 12.2. The van der Waals surface area contributed by atoms with Crippen molar-refractivity contribution in [3.63, 3.8) is 0 Å². The lowest BCUT2D eigenvalue weighted by Crippen LogP contribution is -2.23. The third kappa shape index (κ3) is 5.41. The zero-order chi connectivity index (χ0) is 13.5. The van der Waals surface area contributed by atoms with Gasteiger partial charge in [-0.2, -0.15) is 0 Å². The van der Waals surface area contributed by atoms with E-state index in [4.69, 9.17) is 0 Å². The summed E-state index contributed by atoms with van der Waals surface area (Å²) < 4.78 is 0. The summed E-state index contributed by atoms with van der Waals surface area (Å²) in [7, 11) is 0. The lowest BCUT2D eigenvalue weighted by molar-refractivity contribution is 0.558. The molecule has 3 nitrogen and oxygen atoms in total. The molecule has 18 heavy (non-hydrogen) atoms. The molecule has 0 radical (unpaired) electrons. The van der Waals surface area contributed by atoms with Crippen LogP contribution in [0.5, 0.6) is 0 Å². The lowest BCUT2D eigenvalue weighted by atomic mass is 10.0. The van der Waals surface area contributed by atoms with Crippen LogP contribution in [0.3, 0.4) is 0 Å². The van der Waals surface area contributed by atoms with Crippen LogP contribution in [0, 0.1) is 18.8 Å². The van der Waals surface area contributed by atoms with Gasteiger partial charge in [-0.1, -0.05) is 33.3 Å². The van der Waals surface area contributed by atoms with E-state index in [2.05, 4.69) is 49.1 Å². The number of hydrogen-bond donors (Lipinski definition) is 1. The summed E-state index contributed by atoms with van der Waals surface area (Å²) in [6, 6.07) is 1.96. The van der Waals surface area contributed by atoms with E-state index in [1.807, 2.05) is 19.2 Å². The molecule has 0 spiro atoms. The smallest absolute Gasteiger partial charge is 0.125 e. The highest BCUT2D eigenvalue weighted by Crippen LogP contribution is 2.12.